The van der Waals surface area contributed by atoms with Gasteiger partial charge in [0.15, 0.2) is 0 Å². The number of hydrogen-bond acceptors (Lipinski definition) is 2. The van der Waals surface area contributed by atoms with Crippen LogP contribution < -0.4 is 5.56 Å². The third kappa shape index (κ3) is 1.72. The first-order valence-electron chi connectivity index (χ1n) is 4.21. The second kappa shape index (κ2) is 3.52. The summed E-state index contributed by atoms with van der Waals surface area (Å²) in [6.07, 6.45) is 1.93. The van der Waals surface area contributed by atoms with E-state index in [0.717, 1.165) is 24.2 Å². The summed E-state index contributed by atoms with van der Waals surface area (Å²) in [6.45, 7) is 5.73. The highest BCUT2D eigenvalue weighted by Crippen LogP contribution is 2.01. The minimum Gasteiger partial charge on any atom is -0.323 e. The van der Waals surface area contributed by atoms with Crippen molar-refractivity contribution in [3.05, 3.63) is 27.4 Å². The molecule has 0 atom stereocenters. The Hall–Kier alpha value is -1.12. The minimum atomic E-state index is -0.0657. The summed E-state index contributed by atoms with van der Waals surface area (Å²) in [7, 11) is 0. The molecule has 66 valence electrons. The first-order valence-corrected chi connectivity index (χ1v) is 4.21. The summed E-state index contributed by atoms with van der Waals surface area (Å²) in [5, 5.41) is 0. The fraction of sp³-hybridized carbons (Fsp3) is 0.556. The van der Waals surface area contributed by atoms with Crippen molar-refractivity contribution in [3.8, 4) is 0 Å². The fourth-order valence-corrected chi connectivity index (χ4v) is 1.18. The maximum absolute atomic E-state index is 11.1. The zero-order valence-electron chi connectivity index (χ0n) is 7.77. The zero-order valence-corrected chi connectivity index (χ0v) is 7.77. The molecule has 0 aliphatic rings. The Balaban J connectivity index is 3.14. The molecule has 3 nitrogen and oxygen atoms in total. The van der Waals surface area contributed by atoms with E-state index in [0.29, 0.717) is 5.69 Å². The standard InChI is InChI=1S/C9H14N2O/c1-4-5-8-6(2)10-7(3)9(12)11-8/h4-5H2,1-3H3,(H,11,12). The van der Waals surface area contributed by atoms with E-state index in [4.69, 9.17) is 0 Å². The average molecular weight is 166 g/mol. The van der Waals surface area contributed by atoms with E-state index in [2.05, 4.69) is 16.9 Å². The van der Waals surface area contributed by atoms with Gasteiger partial charge in [-0.25, -0.2) is 0 Å². The average Bonchev–Trinajstić information content (AvgIpc) is 2.01. The lowest BCUT2D eigenvalue weighted by Gasteiger charge is -2.03. The molecule has 12 heavy (non-hydrogen) atoms. The van der Waals surface area contributed by atoms with Crippen LogP contribution in [0.5, 0.6) is 0 Å². The van der Waals surface area contributed by atoms with Crippen molar-refractivity contribution in [1.82, 2.24) is 9.97 Å². The molecule has 1 N–H and O–H groups in total. The van der Waals surface area contributed by atoms with E-state index in [1.165, 1.54) is 0 Å². The van der Waals surface area contributed by atoms with Gasteiger partial charge in [-0.2, -0.15) is 0 Å². The zero-order chi connectivity index (χ0) is 9.14. The van der Waals surface area contributed by atoms with Gasteiger partial charge < -0.3 is 4.98 Å². The summed E-state index contributed by atoms with van der Waals surface area (Å²) >= 11 is 0. The van der Waals surface area contributed by atoms with Crippen molar-refractivity contribution in [2.75, 3.05) is 0 Å². The van der Waals surface area contributed by atoms with E-state index >= 15 is 0 Å². The second-order valence-electron chi connectivity index (χ2n) is 2.97. The van der Waals surface area contributed by atoms with E-state index in [9.17, 15) is 4.79 Å². The smallest absolute Gasteiger partial charge is 0.269 e. The van der Waals surface area contributed by atoms with Crippen molar-refractivity contribution in [1.29, 1.82) is 0 Å². The summed E-state index contributed by atoms with van der Waals surface area (Å²) in [5.41, 5.74) is 2.39. The summed E-state index contributed by atoms with van der Waals surface area (Å²) in [4.78, 5) is 18.1. The topological polar surface area (TPSA) is 45.8 Å². The summed E-state index contributed by atoms with van der Waals surface area (Å²) in [6, 6.07) is 0. The van der Waals surface area contributed by atoms with E-state index in [-0.39, 0.29) is 5.56 Å². The van der Waals surface area contributed by atoms with E-state index in [1.807, 2.05) is 6.92 Å². The Morgan fingerprint density at radius 1 is 1.33 bits per heavy atom. The highest BCUT2D eigenvalue weighted by Gasteiger charge is 2.01. The quantitative estimate of drug-likeness (QED) is 0.720. The molecule has 0 radical (unpaired) electrons. The molecule has 0 bridgehead atoms. The largest absolute Gasteiger partial charge is 0.323 e. The van der Waals surface area contributed by atoms with Crippen LogP contribution in [-0.2, 0) is 6.42 Å². The predicted octanol–water partition coefficient (Wildman–Crippen LogP) is 1.34. The van der Waals surface area contributed by atoms with Crippen molar-refractivity contribution >= 4 is 0 Å². The molecule has 0 aliphatic carbocycles. The molecule has 1 aromatic rings. The first-order chi connectivity index (χ1) is 5.65. The predicted molar refractivity (Wildman–Crippen MR) is 48.3 cm³/mol. The van der Waals surface area contributed by atoms with Gasteiger partial charge in [0.2, 0.25) is 0 Å². The molecule has 0 aliphatic heterocycles. The molecule has 0 unspecified atom stereocenters. The van der Waals surface area contributed by atoms with Gasteiger partial charge in [0, 0.05) is 5.69 Å². The number of nitrogens with zero attached hydrogens (tertiary/aromatic N) is 1. The van der Waals surface area contributed by atoms with Gasteiger partial charge in [0.25, 0.3) is 5.56 Å². The van der Waals surface area contributed by atoms with Crippen LogP contribution in [0.3, 0.4) is 0 Å². The van der Waals surface area contributed by atoms with Gasteiger partial charge in [-0.3, -0.25) is 9.78 Å². The number of H-pyrrole nitrogens is 1. The number of aryl methyl sites for hydroxylation is 3. The Morgan fingerprint density at radius 3 is 2.58 bits per heavy atom. The van der Waals surface area contributed by atoms with Gasteiger partial charge in [-0.15, -0.1) is 0 Å². The van der Waals surface area contributed by atoms with Crippen LogP contribution >= 0.6 is 0 Å². The third-order valence-corrected chi connectivity index (χ3v) is 1.87. The van der Waals surface area contributed by atoms with Crippen LogP contribution in [0, 0.1) is 13.8 Å². The number of hydrogen-bond donors (Lipinski definition) is 1. The number of rotatable bonds is 2. The molecule has 0 saturated carbocycles. The van der Waals surface area contributed by atoms with Crippen LogP contribution in [0.2, 0.25) is 0 Å². The van der Waals surface area contributed by atoms with Crippen LogP contribution in [0.1, 0.15) is 30.4 Å². The first kappa shape index (κ1) is 8.97. The summed E-state index contributed by atoms with van der Waals surface area (Å²) in [5.74, 6) is 0. The third-order valence-electron chi connectivity index (χ3n) is 1.87. The summed E-state index contributed by atoms with van der Waals surface area (Å²) < 4.78 is 0. The number of aromatic nitrogens is 2. The van der Waals surface area contributed by atoms with Crippen molar-refractivity contribution in [2.24, 2.45) is 0 Å². The lowest BCUT2D eigenvalue weighted by Crippen LogP contribution is -2.16. The molecule has 0 saturated heterocycles. The Bertz CT molecular complexity index is 328. The maximum Gasteiger partial charge on any atom is 0.269 e. The SMILES string of the molecule is CCCc1[nH]c(=O)c(C)nc1C. The van der Waals surface area contributed by atoms with Crippen LogP contribution in [0.4, 0.5) is 0 Å². The van der Waals surface area contributed by atoms with Crippen LogP contribution in [0.25, 0.3) is 0 Å². The highest BCUT2D eigenvalue weighted by molar-refractivity contribution is 5.11. The van der Waals surface area contributed by atoms with Gasteiger partial charge in [0.1, 0.15) is 5.69 Å². The lowest BCUT2D eigenvalue weighted by molar-refractivity contribution is 0.832. The van der Waals surface area contributed by atoms with E-state index in [1.54, 1.807) is 6.92 Å². The number of aromatic amines is 1. The molecule has 1 aromatic heterocycles. The van der Waals surface area contributed by atoms with Gasteiger partial charge in [0.05, 0.1) is 5.69 Å². The normalized spacial score (nSPS) is 10.2. The van der Waals surface area contributed by atoms with Gasteiger partial charge >= 0.3 is 0 Å². The van der Waals surface area contributed by atoms with Crippen LogP contribution in [0.15, 0.2) is 4.79 Å². The van der Waals surface area contributed by atoms with Crippen LogP contribution in [-0.4, -0.2) is 9.97 Å². The molecule has 0 aromatic carbocycles. The highest BCUT2D eigenvalue weighted by atomic mass is 16.1. The molecule has 0 amide bonds. The van der Waals surface area contributed by atoms with E-state index < -0.39 is 0 Å². The molecule has 1 rings (SSSR count). The van der Waals surface area contributed by atoms with Gasteiger partial charge in [-0.1, -0.05) is 13.3 Å². The molecule has 1 heterocycles. The van der Waals surface area contributed by atoms with Crippen molar-refractivity contribution in [3.63, 3.8) is 0 Å². The van der Waals surface area contributed by atoms with Crippen molar-refractivity contribution in [2.45, 2.75) is 33.6 Å². The lowest BCUT2D eigenvalue weighted by atomic mass is 10.2. The molecular formula is C9H14N2O. The molecule has 0 spiro atoms. The minimum absolute atomic E-state index is 0.0657. The Kier molecular flexibility index (Phi) is 2.63. The fourth-order valence-electron chi connectivity index (χ4n) is 1.18. The van der Waals surface area contributed by atoms with Gasteiger partial charge in [-0.05, 0) is 20.3 Å². The molecular weight excluding hydrogens is 152 g/mol. The Morgan fingerprint density at radius 2 is 2.00 bits per heavy atom. The van der Waals surface area contributed by atoms with Crippen molar-refractivity contribution < 1.29 is 0 Å². The second-order valence-corrected chi connectivity index (χ2v) is 2.97. The monoisotopic (exact) mass is 166 g/mol. The molecule has 3 heteroatoms. The number of nitrogens with one attached hydrogen (secondary N) is 1. The molecule has 0 fully saturated rings. The Labute approximate surface area is 71.9 Å². The maximum atomic E-state index is 11.1.